The number of hydrogen-bond donors (Lipinski definition) is 1. The molecular weight excluding hydrogens is 254 g/mol. The first-order valence-electron chi connectivity index (χ1n) is 6.28. The second-order valence-electron chi connectivity index (χ2n) is 4.78. The van der Waals surface area contributed by atoms with Gasteiger partial charge in [-0.15, -0.1) is 0 Å². The van der Waals surface area contributed by atoms with Gasteiger partial charge in [-0.1, -0.05) is 24.3 Å². The summed E-state index contributed by atoms with van der Waals surface area (Å²) >= 11 is 0. The predicted octanol–water partition coefficient (Wildman–Crippen LogP) is 3.12. The van der Waals surface area contributed by atoms with Gasteiger partial charge in [-0.3, -0.25) is 10.1 Å². The van der Waals surface area contributed by atoms with Crippen molar-refractivity contribution in [1.82, 2.24) is 0 Å². The van der Waals surface area contributed by atoms with Crippen LogP contribution in [-0.4, -0.2) is 12.0 Å². The third kappa shape index (κ3) is 2.88. The molecule has 0 radical (unpaired) electrons. The molecule has 0 aliphatic carbocycles. The summed E-state index contributed by atoms with van der Waals surface area (Å²) < 4.78 is 0. The van der Waals surface area contributed by atoms with E-state index in [1.54, 1.807) is 12.1 Å². The van der Waals surface area contributed by atoms with Gasteiger partial charge in [0.05, 0.1) is 4.92 Å². The quantitative estimate of drug-likeness (QED) is 0.527. The van der Waals surface area contributed by atoms with Crippen molar-refractivity contribution in [3.05, 3.63) is 63.7 Å². The molecule has 0 aromatic heterocycles. The highest BCUT2D eigenvalue weighted by atomic mass is 16.6. The second kappa shape index (κ2) is 5.61. The van der Waals surface area contributed by atoms with Gasteiger partial charge in [-0.05, 0) is 30.2 Å². The lowest BCUT2D eigenvalue weighted by atomic mass is 10.1. The minimum Gasteiger partial charge on any atom is -0.393 e. The third-order valence-corrected chi connectivity index (χ3v) is 3.32. The van der Waals surface area contributed by atoms with Crippen LogP contribution in [0.25, 0.3) is 0 Å². The molecule has 0 unspecified atom stereocenters. The Bertz CT molecular complexity index is 641. The number of nitro benzene ring substituents is 1. The van der Waals surface area contributed by atoms with Crippen LogP contribution in [0.5, 0.6) is 0 Å². The molecule has 0 saturated carbocycles. The highest BCUT2D eigenvalue weighted by Gasteiger charge is 2.13. The van der Waals surface area contributed by atoms with Gasteiger partial charge in [0.25, 0.3) is 5.69 Å². The van der Waals surface area contributed by atoms with Gasteiger partial charge in [0.2, 0.25) is 0 Å². The zero-order valence-electron chi connectivity index (χ0n) is 11.5. The van der Waals surface area contributed by atoms with Crippen LogP contribution in [0.1, 0.15) is 11.1 Å². The fourth-order valence-electron chi connectivity index (χ4n) is 2.08. The highest BCUT2D eigenvalue weighted by Crippen LogP contribution is 2.27. The van der Waals surface area contributed by atoms with Gasteiger partial charge in [0.15, 0.2) is 0 Å². The minimum absolute atomic E-state index is 0.0574. The molecule has 2 rings (SSSR count). The largest absolute Gasteiger partial charge is 0.393 e. The summed E-state index contributed by atoms with van der Waals surface area (Å²) in [6, 6.07) is 12.9. The maximum Gasteiger partial charge on any atom is 0.292 e. The SMILES string of the molecule is Cc1ccccc1CN(C)c1ccc([N+](=O)[O-])c(N)c1. The molecule has 0 aliphatic rings. The molecule has 20 heavy (non-hydrogen) atoms. The number of benzene rings is 2. The Morgan fingerprint density at radius 2 is 1.95 bits per heavy atom. The van der Waals surface area contributed by atoms with Crippen molar-refractivity contribution < 1.29 is 4.92 Å². The summed E-state index contributed by atoms with van der Waals surface area (Å²) in [5.74, 6) is 0. The molecular formula is C15H17N3O2. The maximum absolute atomic E-state index is 10.8. The van der Waals surface area contributed by atoms with E-state index in [9.17, 15) is 10.1 Å². The van der Waals surface area contributed by atoms with Crippen LogP contribution in [0.15, 0.2) is 42.5 Å². The van der Waals surface area contributed by atoms with Gasteiger partial charge in [-0.25, -0.2) is 0 Å². The van der Waals surface area contributed by atoms with Crippen LogP contribution >= 0.6 is 0 Å². The normalized spacial score (nSPS) is 10.3. The van der Waals surface area contributed by atoms with Gasteiger partial charge in [0.1, 0.15) is 5.69 Å². The predicted molar refractivity (Wildman–Crippen MR) is 80.8 cm³/mol. The lowest BCUT2D eigenvalue weighted by Crippen LogP contribution is -2.17. The van der Waals surface area contributed by atoms with E-state index in [1.807, 2.05) is 24.1 Å². The lowest BCUT2D eigenvalue weighted by molar-refractivity contribution is -0.383. The Morgan fingerprint density at radius 1 is 1.25 bits per heavy atom. The van der Waals surface area contributed by atoms with E-state index in [0.29, 0.717) is 0 Å². The first-order chi connectivity index (χ1) is 9.49. The minimum atomic E-state index is -0.472. The monoisotopic (exact) mass is 271 g/mol. The Balaban J connectivity index is 2.22. The number of nitro groups is 1. The van der Waals surface area contributed by atoms with Crippen LogP contribution in [0.4, 0.5) is 17.1 Å². The maximum atomic E-state index is 10.8. The number of aryl methyl sites for hydroxylation is 1. The Labute approximate surface area is 117 Å². The molecule has 0 fully saturated rings. The number of nitrogens with two attached hydrogens (primary N) is 1. The fraction of sp³-hybridized carbons (Fsp3) is 0.200. The molecule has 2 aromatic carbocycles. The van der Waals surface area contributed by atoms with Crippen molar-refractivity contribution in [1.29, 1.82) is 0 Å². The first kappa shape index (κ1) is 13.9. The van der Waals surface area contributed by atoms with Crippen molar-refractivity contribution in [2.24, 2.45) is 0 Å². The van der Waals surface area contributed by atoms with Crippen LogP contribution < -0.4 is 10.6 Å². The molecule has 5 heteroatoms. The molecule has 0 saturated heterocycles. The van der Waals surface area contributed by atoms with Crippen LogP contribution in [0.3, 0.4) is 0 Å². The van der Waals surface area contributed by atoms with E-state index in [0.717, 1.165) is 12.2 Å². The number of hydrogen-bond acceptors (Lipinski definition) is 4. The summed E-state index contributed by atoms with van der Waals surface area (Å²) in [5, 5.41) is 10.8. The smallest absolute Gasteiger partial charge is 0.292 e. The summed E-state index contributed by atoms with van der Waals surface area (Å²) in [7, 11) is 1.94. The summed E-state index contributed by atoms with van der Waals surface area (Å²) in [5.41, 5.74) is 9.13. The topological polar surface area (TPSA) is 72.4 Å². The van der Waals surface area contributed by atoms with E-state index < -0.39 is 4.92 Å². The molecule has 0 aliphatic heterocycles. The van der Waals surface area contributed by atoms with Crippen LogP contribution in [0.2, 0.25) is 0 Å². The molecule has 0 atom stereocenters. The Morgan fingerprint density at radius 3 is 2.55 bits per heavy atom. The number of nitrogens with zero attached hydrogens (tertiary/aromatic N) is 2. The second-order valence-corrected chi connectivity index (χ2v) is 4.78. The number of nitrogen functional groups attached to an aromatic ring is 1. The molecule has 0 heterocycles. The summed E-state index contributed by atoms with van der Waals surface area (Å²) in [6.07, 6.45) is 0. The first-order valence-corrected chi connectivity index (χ1v) is 6.28. The van der Waals surface area contributed by atoms with E-state index in [1.165, 1.54) is 17.2 Å². The number of rotatable bonds is 4. The van der Waals surface area contributed by atoms with Crippen molar-refractivity contribution in [3.8, 4) is 0 Å². The van der Waals surface area contributed by atoms with Gasteiger partial charge < -0.3 is 10.6 Å². The summed E-state index contributed by atoms with van der Waals surface area (Å²) in [4.78, 5) is 12.3. The van der Waals surface area contributed by atoms with Crippen molar-refractivity contribution in [2.45, 2.75) is 13.5 Å². The van der Waals surface area contributed by atoms with E-state index in [2.05, 4.69) is 19.1 Å². The highest BCUT2D eigenvalue weighted by molar-refractivity contribution is 5.66. The average molecular weight is 271 g/mol. The molecule has 0 amide bonds. The molecule has 2 N–H and O–H groups in total. The summed E-state index contributed by atoms with van der Waals surface area (Å²) in [6.45, 7) is 2.79. The molecule has 5 nitrogen and oxygen atoms in total. The van der Waals surface area contributed by atoms with Crippen molar-refractivity contribution >= 4 is 17.1 Å². The van der Waals surface area contributed by atoms with Crippen molar-refractivity contribution in [2.75, 3.05) is 17.7 Å². The fourth-order valence-corrected chi connectivity index (χ4v) is 2.08. The zero-order valence-corrected chi connectivity index (χ0v) is 11.5. The van der Waals surface area contributed by atoms with E-state index in [4.69, 9.17) is 5.73 Å². The molecule has 2 aromatic rings. The standard InChI is InChI=1S/C15H17N3O2/c1-11-5-3-4-6-12(11)10-17(2)13-7-8-15(18(19)20)14(16)9-13/h3-9H,10,16H2,1-2H3. The Hall–Kier alpha value is -2.56. The van der Waals surface area contributed by atoms with E-state index in [-0.39, 0.29) is 11.4 Å². The van der Waals surface area contributed by atoms with Crippen molar-refractivity contribution in [3.63, 3.8) is 0 Å². The average Bonchev–Trinajstić information content (AvgIpc) is 2.40. The van der Waals surface area contributed by atoms with Gasteiger partial charge in [-0.2, -0.15) is 0 Å². The number of anilines is 2. The molecule has 0 bridgehead atoms. The molecule has 0 spiro atoms. The molecule has 104 valence electrons. The lowest BCUT2D eigenvalue weighted by Gasteiger charge is -2.20. The zero-order chi connectivity index (χ0) is 14.7. The third-order valence-electron chi connectivity index (χ3n) is 3.32. The van der Waals surface area contributed by atoms with Gasteiger partial charge >= 0.3 is 0 Å². The van der Waals surface area contributed by atoms with E-state index >= 15 is 0 Å². The van der Waals surface area contributed by atoms with Gasteiger partial charge in [0, 0.05) is 25.3 Å². The Kier molecular flexibility index (Phi) is 3.89. The van der Waals surface area contributed by atoms with Crippen LogP contribution in [0, 0.1) is 17.0 Å². The van der Waals surface area contributed by atoms with Crippen LogP contribution in [-0.2, 0) is 6.54 Å².